The molecule has 2 nitrogen and oxygen atoms in total. The lowest BCUT2D eigenvalue weighted by molar-refractivity contribution is 0.0712. The van der Waals surface area contributed by atoms with Gasteiger partial charge in [-0.15, -0.1) is 0 Å². The molecule has 2 heteroatoms. The van der Waals surface area contributed by atoms with Crippen LogP contribution in [0.25, 0.3) is 0 Å². The molecular weight excluding hydrogens is 184 g/mol. The average Bonchev–Trinajstić information content (AvgIpc) is 2.99. The number of rotatable bonds is 3. The Balaban J connectivity index is 1.98. The molecule has 1 saturated heterocycles. The van der Waals surface area contributed by atoms with Gasteiger partial charge in [-0.3, -0.25) is 4.90 Å². The minimum Gasteiger partial charge on any atom is -0.311 e. The summed E-state index contributed by atoms with van der Waals surface area (Å²) in [4.78, 5) is 2.73. The maximum atomic E-state index is 3.73. The molecule has 1 aliphatic heterocycles. The summed E-state index contributed by atoms with van der Waals surface area (Å²) in [7, 11) is 0. The zero-order valence-corrected chi connectivity index (χ0v) is 10.7. The Morgan fingerprint density at radius 2 is 1.80 bits per heavy atom. The Kier molecular flexibility index (Phi) is 3.36. The van der Waals surface area contributed by atoms with Crippen LogP contribution in [0.15, 0.2) is 0 Å². The van der Waals surface area contributed by atoms with Gasteiger partial charge in [-0.2, -0.15) is 0 Å². The largest absolute Gasteiger partial charge is 0.311 e. The standard InChI is InChI=1S/C13H26N2/c1-9(2)12-8-15(10(3)4)13(7-14-12)11-5-6-11/h9-14H,5-8H2,1-4H3. The maximum Gasteiger partial charge on any atom is 0.0252 e. The lowest BCUT2D eigenvalue weighted by Gasteiger charge is -2.44. The van der Waals surface area contributed by atoms with E-state index in [1.54, 1.807) is 0 Å². The number of piperazine rings is 1. The van der Waals surface area contributed by atoms with Crippen molar-refractivity contribution in [1.82, 2.24) is 10.2 Å². The second-order valence-corrected chi connectivity index (χ2v) is 5.95. The number of hydrogen-bond donors (Lipinski definition) is 1. The third kappa shape index (κ3) is 2.54. The summed E-state index contributed by atoms with van der Waals surface area (Å²) in [5, 5.41) is 3.73. The van der Waals surface area contributed by atoms with Gasteiger partial charge in [0.05, 0.1) is 0 Å². The van der Waals surface area contributed by atoms with Gasteiger partial charge in [0.25, 0.3) is 0 Å². The van der Waals surface area contributed by atoms with Crippen LogP contribution in [0.4, 0.5) is 0 Å². The third-order valence-electron chi connectivity index (χ3n) is 4.06. The SMILES string of the molecule is CC(C)C1CN(C(C)C)C(C2CC2)CN1. The summed E-state index contributed by atoms with van der Waals surface area (Å²) in [5.41, 5.74) is 0. The summed E-state index contributed by atoms with van der Waals surface area (Å²) in [6.45, 7) is 11.8. The van der Waals surface area contributed by atoms with Crippen molar-refractivity contribution in [2.24, 2.45) is 11.8 Å². The minimum absolute atomic E-state index is 0.697. The van der Waals surface area contributed by atoms with E-state index in [0.717, 1.165) is 17.9 Å². The normalized spacial score (nSPS) is 34.0. The van der Waals surface area contributed by atoms with Crippen LogP contribution in [0.2, 0.25) is 0 Å². The van der Waals surface area contributed by atoms with E-state index in [2.05, 4.69) is 37.9 Å². The molecule has 0 spiro atoms. The van der Waals surface area contributed by atoms with Crippen molar-refractivity contribution in [3.8, 4) is 0 Å². The van der Waals surface area contributed by atoms with E-state index in [1.807, 2.05) is 0 Å². The molecule has 0 amide bonds. The first-order valence-electron chi connectivity index (χ1n) is 6.58. The number of nitrogens with zero attached hydrogens (tertiary/aromatic N) is 1. The van der Waals surface area contributed by atoms with Gasteiger partial charge in [0.15, 0.2) is 0 Å². The van der Waals surface area contributed by atoms with Gasteiger partial charge < -0.3 is 5.32 Å². The van der Waals surface area contributed by atoms with E-state index in [0.29, 0.717) is 12.1 Å². The fourth-order valence-corrected chi connectivity index (χ4v) is 2.78. The van der Waals surface area contributed by atoms with E-state index < -0.39 is 0 Å². The van der Waals surface area contributed by atoms with Gasteiger partial charge in [-0.05, 0) is 38.5 Å². The molecule has 2 unspecified atom stereocenters. The predicted molar refractivity (Wildman–Crippen MR) is 65.0 cm³/mol. The van der Waals surface area contributed by atoms with Crippen molar-refractivity contribution in [3.05, 3.63) is 0 Å². The predicted octanol–water partition coefficient (Wildman–Crippen LogP) is 2.10. The molecule has 0 aromatic heterocycles. The monoisotopic (exact) mass is 210 g/mol. The van der Waals surface area contributed by atoms with E-state index in [9.17, 15) is 0 Å². The molecule has 0 radical (unpaired) electrons. The summed E-state index contributed by atoms with van der Waals surface area (Å²) in [6, 6.07) is 2.22. The molecule has 0 bridgehead atoms. The molecule has 0 aromatic rings. The van der Waals surface area contributed by atoms with Crippen LogP contribution in [0.5, 0.6) is 0 Å². The van der Waals surface area contributed by atoms with Crippen LogP contribution in [-0.2, 0) is 0 Å². The van der Waals surface area contributed by atoms with E-state index >= 15 is 0 Å². The zero-order chi connectivity index (χ0) is 11.0. The topological polar surface area (TPSA) is 15.3 Å². The summed E-state index contributed by atoms with van der Waals surface area (Å²) in [5.74, 6) is 1.75. The van der Waals surface area contributed by atoms with Crippen molar-refractivity contribution in [2.45, 2.75) is 58.7 Å². The Hall–Kier alpha value is -0.0800. The molecule has 1 saturated carbocycles. The Morgan fingerprint density at radius 3 is 2.27 bits per heavy atom. The second kappa shape index (κ2) is 4.42. The summed E-state index contributed by atoms with van der Waals surface area (Å²) >= 11 is 0. The maximum absolute atomic E-state index is 3.73. The highest BCUT2D eigenvalue weighted by Gasteiger charge is 2.39. The first kappa shape index (κ1) is 11.4. The van der Waals surface area contributed by atoms with Gasteiger partial charge in [-0.25, -0.2) is 0 Å². The smallest absolute Gasteiger partial charge is 0.0252 e. The van der Waals surface area contributed by atoms with Gasteiger partial charge in [-0.1, -0.05) is 13.8 Å². The third-order valence-corrected chi connectivity index (χ3v) is 4.06. The molecule has 1 N–H and O–H groups in total. The molecule has 2 atom stereocenters. The van der Waals surface area contributed by atoms with Crippen LogP contribution in [-0.4, -0.2) is 36.1 Å². The fraction of sp³-hybridized carbons (Fsp3) is 1.00. The fourth-order valence-electron chi connectivity index (χ4n) is 2.78. The minimum atomic E-state index is 0.697. The first-order chi connectivity index (χ1) is 7.09. The zero-order valence-electron chi connectivity index (χ0n) is 10.7. The van der Waals surface area contributed by atoms with Crippen LogP contribution >= 0.6 is 0 Å². The van der Waals surface area contributed by atoms with E-state index in [1.165, 1.54) is 25.9 Å². The number of nitrogens with one attached hydrogen (secondary N) is 1. The second-order valence-electron chi connectivity index (χ2n) is 5.95. The van der Waals surface area contributed by atoms with Gasteiger partial charge in [0.1, 0.15) is 0 Å². The summed E-state index contributed by atoms with van der Waals surface area (Å²) in [6.07, 6.45) is 2.92. The van der Waals surface area contributed by atoms with Crippen LogP contribution in [0.3, 0.4) is 0 Å². The molecule has 1 aliphatic carbocycles. The molecule has 15 heavy (non-hydrogen) atoms. The number of hydrogen-bond acceptors (Lipinski definition) is 2. The molecule has 88 valence electrons. The van der Waals surface area contributed by atoms with Crippen LogP contribution < -0.4 is 5.32 Å². The Bertz CT molecular complexity index is 209. The van der Waals surface area contributed by atoms with E-state index in [4.69, 9.17) is 0 Å². The highest BCUT2D eigenvalue weighted by Crippen LogP contribution is 2.37. The Labute approximate surface area is 94.4 Å². The summed E-state index contributed by atoms with van der Waals surface area (Å²) < 4.78 is 0. The highest BCUT2D eigenvalue weighted by atomic mass is 15.3. The molecule has 2 aliphatic rings. The lowest BCUT2D eigenvalue weighted by Crippen LogP contribution is -2.60. The van der Waals surface area contributed by atoms with Crippen molar-refractivity contribution in [3.63, 3.8) is 0 Å². The van der Waals surface area contributed by atoms with Gasteiger partial charge in [0, 0.05) is 31.2 Å². The van der Waals surface area contributed by atoms with E-state index in [-0.39, 0.29) is 0 Å². The molecule has 2 rings (SSSR count). The molecule has 0 aromatic carbocycles. The quantitative estimate of drug-likeness (QED) is 0.767. The lowest BCUT2D eigenvalue weighted by atomic mass is 9.96. The van der Waals surface area contributed by atoms with Crippen molar-refractivity contribution in [1.29, 1.82) is 0 Å². The highest BCUT2D eigenvalue weighted by molar-refractivity contribution is 4.96. The van der Waals surface area contributed by atoms with Crippen LogP contribution in [0, 0.1) is 11.8 Å². The molecular formula is C13H26N2. The Morgan fingerprint density at radius 1 is 1.13 bits per heavy atom. The van der Waals surface area contributed by atoms with Crippen molar-refractivity contribution < 1.29 is 0 Å². The molecule has 1 heterocycles. The van der Waals surface area contributed by atoms with Gasteiger partial charge in [0.2, 0.25) is 0 Å². The van der Waals surface area contributed by atoms with Crippen molar-refractivity contribution >= 4 is 0 Å². The van der Waals surface area contributed by atoms with Gasteiger partial charge >= 0.3 is 0 Å². The molecule has 2 fully saturated rings. The average molecular weight is 210 g/mol. The van der Waals surface area contributed by atoms with Crippen molar-refractivity contribution in [2.75, 3.05) is 13.1 Å². The first-order valence-corrected chi connectivity index (χ1v) is 6.58. The van der Waals surface area contributed by atoms with Crippen LogP contribution in [0.1, 0.15) is 40.5 Å².